The first-order valence-corrected chi connectivity index (χ1v) is 10.4. The summed E-state index contributed by atoms with van der Waals surface area (Å²) in [5, 5.41) is 0. The molecule has 0 aliphatic rings. The molecule has 0 nitrogen and oxygen atoms in total. The molecule has 0 aromatic heterocycles. The first-order valence-electron chi connectivity index (χ1n) is 4.42. The van der Waals surface area contributed by atoms with E-state index in [1.807, 2.05) is 0 Å². The zero-order valence-corrected chi connectivity index (χ0v) is 22.4. The highest BCUT2D eigenvalue weighted by molar-refractivity contribution is 6.60. The van der Waals surface area contributed by atoms with Gasteiger partial charge in [0.25, 0.3) is 0 Å². The fourth-order valence-corrected chi connectivity index (χ4v) is 0. The van der Waals surface area contributed by atoms with E-state index < -0.39 is 0 Å². The first-order chi connectivity index (χ1) is 11.4. The van der Waals surface area contributed by atoms with Gasteiger partial charge in [-0.15, -0.1) is 0 Å². The van der Waals surface area contributed by atoms with Crippen LogP contribution in [0.15, 0.2) is 50.1 Å². The normalized spacial score (nSPS) is 7.00. The summed E-state index contributed by atoms with van der Waals surface area (Å²) < 4.78 is 0.448. The van der Waals surface area contributed by atoms with Crippen molar-refractivity contribution in [3.8, 4) is 0 Å². The zero-order chi connectivity index (χ0) is 21.4. The highest BCUT2D eigenvalue weighted by atomic mass is 35.5. The van der Waals surface area contributed by atoms with Crippen LogP contribution in [0.1, 0.15) is 0 Å². The molecule has 150 valence electrons. The van der Waals surface area contributed by atoms with Crippen LogP contribution in [0, 0.1) is 0 Å². The van der Waals surface area contributed by atoms with Crippen molar-refractivity contribution < 1.29 is 0 Å². The maximum Gasteiger partial charge on any atom is 0.118 e. The zero-order valence-electron chi connectivity index (χ0n) is 11.1. The molecule has 0 radical (unpaired) electrons. The van der Waals surface area contributed by atoms with Crippen LogP contribution in [0.4, 0.5) is 0 Å². The van der Waals surface area contributed by atoms with Gasteiger partial charge in [0.05, 0.1) is 0 Å². The van der Waals surface area contributed by atoms with E-state index in [1.54, 1.807) is 0 Å². The lowest BCUT2D eigenvalue weighted by atomic mass is 11.2. The fourth-order valence-electron chi connectivity index (χ4n) is 0. The molecule has 0 spiro atoms. The van der Waals surface area contributed by atoms with E-state index in [1.165, 1.54) is 0 Å². The van der Waals surface area contributed by atoms with Crippen LogP contribution >= 0.6 is 174 Å². The Hall–Kier alpha value is 3.05. The Balaban J connectivity index is -0.0000000667. The molecule has 0 aromatic rings. The summed E-state index contributed by atoms with van der Waals surface area (Å²) in [5.41, 5.74) is 5.43. The van der Waals surface area contributed by atoms with Gasteiger partial charge in [-0.3, -0.25) is 0 Å². The van der Waals surface area contributed by atoms with Gasteiger partial charge in [0, 0.05) is 27.7 Å². The SMILES string of the molecule is ClC=C(Cl)Cl.ClC=C(Cl)Cl.ClC=C(Cl)Cl.ClC=C(Cl)Cl.ClC=C(Cl)Cl. The highest BCUT2D eigenvalue weighted by Crippen LogP contribution is 2.07. The van der Waals surface area contributed by atoms with Crippen molar-refractivity contribution in [2.75, 3.05) is 0 Å². The van der Waals surface area contributed by atoms with Gasteiger partial charge in [0.2, 0.25) is 0 Å². The molecule has 0 amide bonds. The highest BCUT2D eigenvalue weighted by Gasteiger charge is 1.72. The van der Waals surface area contributed by atoms with Gasteiger partial charge >= 0.3 is 0 Å². The minimum atomic E-state index is 0.0895. The maximum absolute atomic E-state index is 4.96. The van der Waals surface area contributed by atoms with Crippen molar-refractivity contribution >= 4 is 174 Å². The van der Waals surface area contributed by atoms with Crippen LogP contribution in [0.5, 0.6) is 0 Å². The average molecular weight is 657 g/mol. The standard InChI is InChI=1S/5C2HCl3/c5*3-1-2(4)5/h5*1H. The molecule has 0 aliphatic heterocycles. The second-order valence-electron chi connectivity index (χ2n) is 1.99. The van der Waals surface area contributed by atoms with Crippen LogP contribution in [-0.4, -0.2) is 0 Å². The van der Waals surface area contributed by atoms with Crippen LogP contribution in [-0.2, 0) is 0 Å². The van der Waals surface area contributed by atoms with Crippen LogP contribution < -0.4 is 0 Å². The summed E-state index contributed by atoms with van der Waals surface area (Å²) in [6, 6.07) is 0. The molecule has 25 heavy (non-hydrogen) atoms. The van der Waals surface area contributed by atoms with Crippen LogP contribution in [0.25, 0.3) is 0 Å². The molecule has 0 aromatic carbocycles. The molecule has 15 heteroatoms. The van der Waals surface area contributed by atoms with Crippen molar-refractivity contribution in [1.29, 1.82) is 0 Å². The summed E-state index contributed by atoms with van der Waals surface area (Å²) in [4.78, 5) is 0. The minimum absolute atomic E-state index is 0.0895. The Labute approximate surface area is 221 Å². The second-order valence-corrected chi connectivity index (χ2v) is 8.12. The van der Waals surface area contributed by atoms with E-state index in [0.29, 0.717) is 0 Å². The summed E-state index contributed by atoms with van der Waals surface area (Å²) in [6.07, 6.45) is 0. The Morgan fingerprint density at radius 3 is 0.320 bits per heavy atom. The largest absolute Gasteiger partial charge is 0.118 e. The molecule has 0 unspecified atom stereocenters. The third kappa shape index (κ3) is 99.7. The van der Waals surface area contributed by atoms with Crippen molar-refractivity contribution in [1.82, 2.24) is 0 Å². The molecular formula is C10H5Cl15. The Morgan fingerprint density at radius 2 is 0.320 bits per heavy atom. The van der Waals surface area contributed by atoms with Crippen molar-refractivity contribution in [3.05, 3.63) is 50.1 Å². The number of halogens is 15. The van der Waals surface area contributed by atoms with Crippen LogP contribution in [0.2, 0.25) is 0 Å². The van der Waals surface area contributed by atoms with Gasteiger partial charge in [0.15, 0.2) is 0 Å². The minimum Gasteiger partial charge on any atom is -0.0904 e. The van der Waals surface area contributed by atoms with E-state index in [4.69, 9.17) is 174 Å². The third-order valence-corrected chi connectivity index (χ3v) is 3.71. The predicted octanol–water partition coefficient (Wildman–Crippen LogP) is 12.5. The van der Waals surface area contributed by atoms with Gasteiger partial charge < -0.3 is 0 Å². The molecule has 0 aliphatic carbocycles. The molecule has 0 rings (SSSR count). The van der Waals surface area contributed by atoms with Gasteiger partial charge in [-0.25, -0.2) is 0 Å². The van der Waals surface area contributed by atoms with Gasteiger partial charge in [-0.1, -0.05) is 174 Å². The monoisotopic (exact) mass is 650 g/mol. The molecule has 0 bridgehead atoms. The summed E-state index contributed by atoms with van der Waals surface area (Å²) in [7, 11) is 0. The number of rotatable bonds is 0. The molecular weight excluding hydrogens is 652 g/mol. The van der Waals surface area contributed by atoms with E-state index in [2.05, 4.69) is 0 Å². The molecule has 0 heterocycles. The van der Waals surface area contributed by atoms with E-state index in [9.17, 15) is 0 Å². The lowest BCUT2D eigenvalue weighted by Gasteiger charge is -1.64. The summed E-state index contributed by atoms with van der Waals surface area (Å²) >= 11 is 74.1. The third-order valence-electron chi connectivity index (χ3n) is 0.412. The van der Waals surface area contributed by atoms with Crippen LogP contribution in [0.3, 0.4) is 0 Å². The molecule has 0 saturated heterocycles. The summed E-state index contributed by atoms with van der Waals surface area (Å²) in [6.45, 7) is 0. The van der Waals surface area contributed by atoms with Gasteiger partial charge in [-0.05, 0) is 0 Å². The molecule has 0 N–H and O–H groups in total. The molecule has 0 saturated carbocycles. The van der Waals surface area contributed by atoms with Crippen molar-refractivity contribution in [2.24, 2.45) is 0 Å². The summed E-state index contributed by atoms with van der Waals surface area (Å²) in [5.74, 6) is 0. The average Bonchev–Trinajstić information content (AvgIpc) is 2.56. The second kappa shape index (κ2) is 34.5. The van der Waals surface area contributed by atoms with E-state index in [-0.39, 0.29) is 22.5 Å². The lowest BCUT2D eigenvalue weighted by Crippen LogP contribution is -1.33. The first kappa shape index (κ1) is 38.6. The quantitative estimate of drug-likeness (QED) is 0.243. The Bertz CT molecular complexity index is 307. The maximum atomic E-state index is 4.96. The smallest absolute Gasteiger partial charge is 0.0904 e. The molecule has 0 fully saturated rings. The van der Waals surface area contributed by atoms with E-state index >= 15 is 0 Å². The predicted molar refractivity (Wildman–Crippen MR) is 128 cm³/mol. The Morgan fingerprint density at radius 1 is 0.280 bits per heavy atom. The van der Waals surface area contributed by atoms with Gasteiger partial charge in [0.1, 0.15) is 22.5 Å². The molecule has 0 atom stereocenters. The topological polar surface area (TPSA) is 0 Å². The fraction of sp³-hybridized carbons (Fsp3) is 0. The van der Waals surface area contributed by atoms with Crippen molar-refractivity contribution in [3.63, 3.8) is 0 Å². The van der Waals surface area contributed by atoms with E-state index in [0.717, 1.165) is 27.7 Å². The number of hydrogen-bond acceptors (Lipinski definition) is 0. The number of hydrogen-bond donors (Lipinski definition) is 0. The lowest BCUT2D eigenvalue weighted by molar-refractivity contribution is 2.36. The van der Waals surface area contributed by atoms with Gasteiger partial charge in [-0.2, -0.15) is 0 Å². The van der Waals surface area contributed by atoms with Crippen molar-refractivity contribution in [2.45, 2.75) is 0 Å². The Kier molecular flexibility index (Phi) is 53.4.